The normalized spacial score (nSPS) is 23.2. The van der Waals surface area contributed by atoms with Gasteiger partial charge in [0.15, 0.2) is 0 Å². The van der Waals surface area contributed by atoms with Crippen molar-refractivity contribution in [3.8, 4) is 0 Å². The zero-order valence-corrected chi connectivity index (χ0v) is 13.8. The van der Waals surface area contributed by atoms with Gasteiger partial charge < -0.3 is 10.1 Å². The van der Waals surface area contributed by atoms with Crippen LogP contribution < -0.4 is 5.32 Å². The fourth-order valence-corrected chi connectivity index (χ4v) is 3.46. The quantitative estimate of drug-likeness (QED) is 0.917. The van der Waals surface area contributed by atoms with Gasteiger partial charge in [-0.25, -0.2) is 8.78 Å². The van der Waals surface area contributed by atoms with E-state index in [1.807, 2.05) is 0 Å². The monoisotopic (exact) mass is 338 g/mol. The number of nitrogens with one attached hydrogen (secondary N) is 1. The number of ether oxygens (including phenoxy) is 1. The van der Waals surface area contributed by atoms with Gasteiger partial charge in [0, 0.05) is 44.0 Å². The topological polar surface area (TPSA) is 41.6 Å². The Morgan fingerprint density at radius 2 is 2.04 bits per heavy atom. The Kier molecular flexibility index (Phi) is 5.79. The fraction of sp³-hybridized carbons (Fsp3) is 0.611. The van der Waals surface area contributed by atoms with Gasteiger partial charge >= 0.3 is 0 Å². The average Bonchev–Trinajstić information content (AvgIpc) is 2.59. The molecule has 1 unspecified atom stereocenters. The molecule has 2 aliphatic rings. The second-order valence-electron chi connectivity index (χ2n) is 6.71. The minimum atomic E-state index is -0.566. The number of amides is 1. The summed E-state index contributed by atoms with van der Waals surface area (Å²) in [4.78, 5) is 14.6. The van der Waals surface area contributed by atoms with Crippen LogP contribution in [0.1, 0.15) is 31.2 Å². The molecule has 1 aromatic carbocycles. The molecule has 6 heteroatoms. The number of hydrogen-bond acceptors (Lipinski definition) is 3. The molecule has 1 amide bonds. The third kappa shape index (κ3) is 4.51. The lowest BCUT2D eigenvalue weighted by Gasteiger charge is -2.33. The largest absolute Gasteiger partial charge is 0.381 e. The van der Waals surface area contributed by atoms with Gasteiger partial charge in [-0.3, -0.25) is 9.69 Å². The molecule has 0 bridgehead atoms. The first-order chi connectivity index (χ1) is 11.6. The maximum atomic E-state index is 13.8. The van der Waals surface area contributed by atoms with E-state index in [0.717, 1.165) is 38.3 Å². The molecule has 2 saturated heterocycles. The zero-order chi connectivity index (χ0) is 16.9. The molecule has 1 N–H and O–H groups in total. The van der Waals surface area contributed by atoms with Crippen molar-refractivity contribution in [2.24, 2.45) is 5.92 Å². The predicted molar refractivity (Wildman–Crippen MR) is 86.3 cm³/mol. The molecule has 3 rings (SSSR count). The van der Waals surface area contributed by atoms with Crippen molar-refractivity contribution in [2.75, 3.05) is 26.3 Å². The first-order valence-corrected chi connectivity index (χ1v) is 8.66. The van der Waals surface area contributed by atoms with E-state index in [1.54, 1.807) is 0 Å². The van der Waals surface area contributed by atoms with Crippen molar-refractivity contribution in [3.05, 3.63) is 35.4 Å². The predicted octanol–water partition coefficient (Wildman–Crippen LogP) is 2.47. The molecule has 2 heterocycles. The smallest absolute Gasteiger partial charge is 0.224 e. The van der Waals surface area contributed by atoms with Crippen molar-refractivity contribution in [3.63, 3.8) is 0 Å². The minimum Gasteiger partial charge on any atom is -0.381 e. The third-order valence-electron chi connectivity index (χ3n) is 4.85. The number of benzene rings is 1. The highest BCUT2D eigenvalue weighted by Crippen LogP contribution is 2.21. The fourth-order valence-electron chi connectivity index (χ4n) is 3.46. The van der Waals surface area contributed by atoms with Gasteiger partial charge in [0.25, 0.3) is 0 Å². The van der Waals surface area contributed by atoms with Gasteiger partial charge in [-0.05, 0) is 38.3 Å². The molecule has 0 aliphatic carbocycles. The van der Waals surface area contributed by atoms with Crippen LogP contribution in [0.5, 0.6) is 0 Å². The van der Waals surface area contributed by atoms with Crippen LogP contribution in [0.2, 0.25) is 0 Å². The molecule has 2 aliphatic heterocycles. The summed E-state index contributed by atoms with van der Waals surface area (Å²) in [5.74, 6) is -1.07. The molecule has 0 saturated carbocycles. The SMILES string of the molecule is O=C(NC1CCOCC1)C1CCCN(Cc2ccc(F)cc2F)C1. The van der Waals surface area contributed by atoms with Crippen LogP contribution in [0.3, 0.4) is 0 Å². The molecule has 0 radical (unpaired) electrons. The first-order valence-electron chi connectivity index (χ1n) is 8.66. The van der Waals surface area contributed by atoms with Gasteiger partial charge in [0.05, 0.1) is 5.92 Å². The highest BCUT2D eigenvalue weighted by Gasteiger charge is 2.28. The van der Waals surface area contributed by atoms with E-state index in [2.05, 4.69) is 10.2 Å². The van der Waals surface area contributed by atoms with Crippen molar-refractivity contribution in [1.82, 2.24) is 10.2 Å². The second-order valence-corrected chi connectivity index (χ2v) is 6.71. The number of carbonyl (C=O) groups is 1. The highest BCUT2D eigenvalue weighted by molar-refractivity contribution is 5.79. The molecule has 1 atom stereocenters. The lowest BCUT2D eigenvalue weighted by Crippen LogP contribution is -2.47. The summed E-state index contributed by atoms with van der Waals surface area (Å²) >= 11 is 0. The highest BCUT2D eigenvalue weighted by atomic mass is 19.1. The van der Waals surface area contributed by atoms with E-state index in [1.165, 1.54) is 12.1 Å². The minimum absolute atomic E-state index is 0.0647. The van der Waals surface area contributed by atoms with Crippen molar-refractivity contribution >= 4 is 5.91 Å². The van der Waals surface area contributed by atoms with E-state index in [-0.39, 0.29) is 17.9 Å². The lowest BCUT2D eigenvalue weighted by atomic mass is 9.95. The Labute approximate surface area is 141 Å². The Balaban J connectivity index is 1.54. The van der Waals surface area contributed by atoms with E-state index >= 15 is 0 Å². The summed E-state index contributed by atoms with van der Waals surface area (Å²) in [5, 5.41) is 3.12. The van der Waals surface area contributed by atoms with E-state index in [0.29, 0.717) is 31.9 Å². The zero-order valence-electron chi connectivity index (χ0n) is 13.8. The summed E-state index contributed by atoms with van der Waals surface area (Å²) in [6, 6.07) is 3.87. The maximum Gasteiger partial charge on any atom is 0.224 e. The number of nitrogens with zero attached hydrogens (tertiary/aromatic N) is 1. The second kappa shape index (κ2) is 8.03. The van der Waals surface area contributed by atoms with Gasteiger partial charge in [-0.2, -0.15) is 0 Å². The molecule has 24 heavy (non-hydrogen) atoms. The Morgan fingerprint density at radius 3 is 2.79 bits per heavy atom. The van der Waals surface area contributed by atoms with Gasteiger partial charge in [0.1, 0.15) is 11.6 Å². The van der Waals surface area contributed by atoms with Crippen LogP contribution in [-0.4, -0.2) is 43.2 Å². The molecule has 132 valence electrons. The molecule has 1 aromatic rings. The standard InChI is InChI=1S/C18H24F2N2O2/c19-15-4-3-13(17(20)10-15)11-22-7-1-2-14(12-22)18(23)21-16-5-8-24-9-6-16/h3-4,10,14,16H,1-2,5-9,11-12H2,(H,21,23). The summed E-state index contributed by atoms with van der Waals surface area (Å²) in [5.41, 5.74) is 0.474. The summed E-state index contributed by atoms with van der Waals surface area (Å²) in [6.45, 7) is 3.26. The molecule has 2 fully saturated rings. The van der Waals surface area contributed by atoms with Crippen LogP contribution in [0, 0.1) is 17.6 Å². The Morgan fingerprint density at radius 1 is 1.25 bits per heavy atom. The average molecular weight is 338 g/mol. The third-order valence-corrected chi connectivity index (χ3v) is 4.85. The number of hydrogen-bond donors (Lipinski definition) is 1. The number of likely N-dealkylation sites (tertiary alicyclic amines) is 1. The number of rotatable bonds is 4. The van der Waals surface area contributed by atoms with E-state index in [4.69, 9.17) is 4.74 Å². The summed E-state index contributed by atoms with van der Waals surface area (Å²) < 4.78 is 32.1. The number of piperidine rings is 1. The maximum absolute atomic E-state index is 13.8. The van der Waals surface area contributed by atoms with Crippen molar-refractivity contribution in [2.45, 2.75) is 38.3 Å². The number of halogens is 2. The van der Waals surface area contributed by atoms with Gasteiger partial charge in [-0.1, -0.05) is 6.07 Å². The van der Waals surface area contributed by atoms with Gasteiger partial charge in [0.2, 0.25) is 5.91 Å². The Hall–Kier alpha value is -1.53. The van der Waals surface area contributed by atoms with Crippen LogP contribution in [0.4, 0.5) is 8.78 Å². The Bertz CT molecular complexity index is 576. The molecular formula is C18H24F2N2O2. The van der Waals surface area contributed by atoms with Crippen LogP contribution in [0.25, 0.3) is 0 Å². The molecule has 0 spiro atoms. The van der Waals surface area contributed by atoms with E-state index < -0.39 is 11.6 Å². The number of carbonyl (C=O) groups excluding carboxylic acids is 1. The molecular weight excluding hydrogens is 314 g/mol. The van der Waals surface area contributed by atoms with E-state index in [9.17, 15) is 13.6 Å². The van der Waals surface area contributed by atoms with Gasteiger partial charge in [-0.15, -0.1) is 0 Å². The summed E-state index contributed by atoms with van der Waals surface area (Å²) in [6.07, 6.45) is 3.50. The van der Waals surface area contributed by atoms with Crippen molar-refractivity contribution in [1.29, 1.82) is 0 Å². The van der Waals surface area contributed by atoms with Crippen molar-refractivity contribution < 1.29 is 18.3 Å². The molecule has 4 nitrogen and oxygen atoms in total. The lowest BCUT2D eigenvalue weighted by molar-refractivity contribution is -0.128. The van der Waals surface area contributed by atoms with Crippen LogP contribution in [0.15, 0.2) is 18.2 Å². The first kappa shape index (κ1) is 17.3. The van der Waals surface area contributed by atoms with Crippen LogP contribution >= 0.6 is 0 Å². The summed E-state index contributed by atoms with van der Waals surface area (Å²) in [7, 11) is 0. The molecule has 0 aromatic heterocycles. The van der Waals surface area contributed by atoms with Crippen LogP contribution in [-0.2, 0) is 16.1 Å².